The smallest absolute Gasteiger partial charge is 0.0697 e. The lowest BCUT2D eigenvalue weighted by Gasteiger charge is -2.26. The van der Waals surface area contributed by atoms with Gasteiger partial charge in [0.25, 0.3) is 0 Å². The summed E-state index contributed by atoms with van der Waals surface area (Å²) in [4.78, 5) is 0. The Kier molecular flexibility index (Phi) is 2.72. The van der Waals surface area contributed by atoms with Crippen LogP contribution in [0.5, 0.6) is 0 Å². The van der Waals surface area contributed by atoms with Crippen molar-refractivity contribution in [3.63, 3.8) is 0 Å². The summed E-state index contributed by atoms with van der Waals surface area (Å²) in [5, 5.41) is 0. The second kappa shape index (κ2) is 4.00. The third-order valence-corrected chi connectivity index (χ3v) is 3.29. The van der Waals surface area contributed by atoms with Crippen molar-refractivity contribution < 1.29 is 0 Å². The Bertz CT molecular complexity index is 247. The number of hydrogen-bond donors (Lipinski definition) is 0. The molecule has 2 rings (SSSR count). The molecule has 0 spiro atoms. The van der Waals surface area contributed by atoms with Gasteiger partial charge in [-0.25, -0.2) is 0 Å². The van der Waals surface area contributed by atoms with Gasteiger partial charge in [0.15, 0.2) is 0 Å². The molecule has 1 aliphatic rings. The van der Waals surface area contributed by atoms with E-state index in [1.54, 1.807) is 5.56 Å². The van der Waals surface area contributed by atoms with Crippen molar-refractivity contribution in [1.29, 1.82) is 0 Å². The van der Waals surface area contributed by atoms with E-state index in [4.69, 9.17) is 0 Å². The Balaban J connectivity index is 2.03. The van der Waals surface area contributed by atoms with Crippen LogP contribution in [0.2, 0.25) is 5.82 Å². The van der Waals surface area contributed by atoms with E-state index >= 15 is 0 Å². The molecule has 0 atom stereocenters. The molecule has 0 amide bonds. The average molecular weight is 172 g/mol. The van der Waals surface area contributed by atoms with Crippen LogP contribution in [0.3, 0.4) is 0 Å². The van der Waals surface area contributed by atoms with E-state index in [1.807, 2.05) is 0 Å². The molecule has 1 heteroatoms. The van der Waals surface area contributed by atoms with Crippen molar-refractivity contribution in [3.05, 3.63) is 35.9 Å². The van der Waals surface area contributed by atoms with Crippen LogP contribution in [0.25, 0.3) is 0 Å². The van der Waals surface area contributed by atoms with E-state index in [9.17, 15) is 0 Å². The molecule has 0 saturated heterocycles. The highest BCUT2D eigenvalue weighted by Gasteiger charge is 2.18. The minimum Gasteiger partial charge on any atom is -0.0697 e. The lowest BCUT2D eigenvalue weighted by molar-refractivity contribution is 0.444. The van der Waals surface area contributed by atoms with Crippen LogP contribution in [0, 0.1) is 0 Å². The van der Waals surface area contributed by atoms with E-state index in [1.165, 1.54) is 25.7 Å². The van der Waals surface area contributed by atoms with E-state index in [-0.39, 0.29) is 0 Å². The lowest BCUT2D eigenvalue weighted by Crippen LogP contribution is -2.09. The molecule has 1 aromatic carbocycles. The maximum absolute atomic E-state index is 2.38. The topological polar surface area (TPSA) is 0 Å². The number of rotatable bonds is 1. The third-order valence-electron chi connectivity index (χ3n) is 3.29. The maximum Gasteiger partial charge on any atom is 0.105 e. The number of benzene rings is 1. The van der Waals surface area contributed by atoms with Gasteiger partial charge < -0.3 is 0 Å². The predicted molar refractivity (Wildman–Crippen MR) is 59.9 cm³/mol. The fourth-order valence-electron chi connectivity index (χ4n) is 2.32. The summed E-state index contributed by atoms with van der Waals surface area (Å²) in [6.45, 7) is 0. The molecule has 13 heavy (non-hydrogen) atoms. The first-order valence-electron chi connectivity index (χ1n) is 5.41. The Morgan fingerprint density at radius 2 is 1.54 bits per heavy atom. The maximum atomic E-state index is 2.38. The van der Waals surface area contributed by atoms with Crippen LogP contribution >= 0.6 is 0 Å². The molecule has 0 aliphatic heterocycles. The largest absolute Gasteiger partial charge is 0.105 e. The quantitative estimate of drug-likeness (QED) is 0.571. The molecule has 1 saturated carbocycles. The van der Waals surface area contributed by atoms with Gasteiger partial charge in [0.2, 0.25) is 0 Å². The molecular weight excluding hydrogens is 155 g/mol. The second-order valence-electron chi connectivity index (χ2n) is 4.37. The normalized spacial score (nSPS) is 28.6. The fraction of sp³-hybridized carbons (Fsp3) is 0.500. The van der Waals surface area contributed by atoms with E-state index in [0.29, 0.717) is 0 Å². The highest BCUT2D eigenvalue weighted by molar-refractivity contribution is 6.11. The first-order valence-corrected chi connectivity index (χ1v) is 5.41. The molecule has 0 nitrogen and oxygen atoms in total. The second-order valence-corrected chi connectivity index (χ2v) is 4.37. The van der Waals surface area contributed by atoms with E-state index < -0.39 is 0 Å². The lowest BCUT2D eigenvalue weighted by atomic mass is 9.70. The van der Waals surface area contributed by atoms with Crippen molar-refractivity contribution in [2.24, 2.45) is 0 Å². The zero-order valence-electron chi connectivity index (χ0n) is 8.37. The van der Waals surface area contributed by atoms with Gasteiger partial charge in [0.1, 0.15) is 7.85 Å². The molecule has 1 fully saturated rings. The van der Waals surface area contributed by atoms with Crippen LogP contribution in [0.1, 0.15) is 37.2 Å². The Morgan fingerprint density at radius 1 is 0.923 bits per heavy atom. The molecule has 1 aromatic rings. The molecule has 1 aliphatic carbocycles. The van der Waals surface area contributed by atoms with Gasteiger partial charge in [-0.1, -0.05) is 49.0 Å². The van der Waals surface area contributed by atoms with Crippen molar-refractivity contribution in [2.45, 2.75) is 37.4 Å². The van der Waals surface area contributed by atoms with Gasteiger partial charge in [0.05, 0.1) is 0 Å². The van der Waals surface area contributed by atoms with Crippen LogP contribution in [0.15, 0.2) is 30.3 Å². The number of hydrogen-bond acceptors (Lipinski definition) is 0. The summed E-state index contributed by atoms with van der Waals surface area (Å²) >= 11 is 0. The predicted octanol–water partition coefficient (Wildman–Crippen LogP) is 2.77. The van der Waals surface area contributed by atoms with E-state index in [0.717, 1.165) is 11.7 Å². The van der Waals surface area contributed by atoms with Crippen LogP contribution in [0.4, 0.5) is 0 Å². The summed E-state index contributed by atoms with van der Waals surface area (Å²) < 4.78 is 0. The molecule has 0 unspecified atom stereocenters. The molecule has 68 valence electrons. The zero-order chi connectivity index (χ0) is 9.10. The summed E-state index contributed by atoms with van der Waals surface area (Å²) in [7, 11) is 2.38. The molecule has 0 aromatic heterocycles. The van der Waals surface area contributed by atoms with Gasteiger partial charge in [-0.05, 0) is 24.3 Å². The average Bonchev–Trinajstić information content (AvgIpc) is 2.20. The van der Waals surface area contributed by atoms with Crippen molar-refractivity contribution in [3.8, 4) is 0 Å². The standard InChI is InChI=1S/C12H17B/c13-12-8-6-11(7-9-12)10-4-2-1-3-5-10/h1-5,11-12H,6-9,13H2. The van der Waals surface area contributed by atoms with Gasteiger partial charge in [-0.2, -0.15) is 0 Å². The summed E-state index contributed by atoms with van der Waals surface area (Å²) in [5.41, 5.74) is 1.55. The first kappa shape index (κ1) is 8.86. The highest BCUT2D eigenvalue weighted by Crippen LogP contribution is 2.36. The molecule has 0 heterocycles. The summed E-state index contributed by atoms with van der Waals surface area (Å²) in [5.74, 6) is 1.80. The van der Waals surface area contributed by atoms with Gasteiger partial charge >= 0.3 is 0 Å². The Hall–Kier alpha value is -0.715. The van der Waals surface area contributed by atoms with Gasteiger partial charge in [-0.15, -0.1) is 0 Å². The molecule has 0 radical (unpaired) electrons. The monoisotopic (exact) mass is 172 g/mol. The van der Waals surface area contributed by atoms with E-state index in [2.05, 4.69) is 38.2 Å². The highest BCUT2D eigenvalue weighted by atomic mass is 14.2. The fourth-order valence-corrected chi connectivity index (χ4v) is 2.32. The minimum absolute atomic E-state index is 0.845. The van der Waals surface area contributed by atoms with Gasteiger partial charge in [0, 0.05) is 0 Å². The zero-order valence-corrected chi connectivity index (χ0v) is 8.37. The molecule has 0 N–H and O–H groups in total. The molecule has 0 bridgehead atoms. The minimum atomic E-state index is 0.845. The van der Waals surface area contributed by atoms with Crippen molar-refractivity contribution >= 4 is 7.85 Å². The summed E-state index contributed by atoms with van der Waals surface area (Å²) in [6, 6.07) is 11.0. The molecular formula is C12H17B. The van der Waals surface area contributed by atoms with Crippen LogP contribution in [-0.2, 0) is 0 Å². The van der Waals surface area contributed by atoms with Crippen molar-refractivity contribution in [1.82, 2.24) is 0 Å². The van der Waals surface area contributed by atoms with Crippen LogP contribution in [-0.4, -0.2) is 7.85 Å². The van der Waals surface area contributed by atoms with Gasteiger partial charge in [-0.3, -0.25) is 0 Å². The Morgan fingerprint density at radius 3 is 2.15 bits per heavy atom. The third kappa shape index (κ3) is 2.15. The first-order chi connectivity index (χ1) is 6.36. The SMILES string of the molecule is BC1CCC(c2ccccc2)CC1. The summed E-state index contributed by atoms with van der Waals surface area (Å²) in [6.07, 6.45) is 5.62. The Labute approximate surface area is 81.8 Å². The van der Waals surface area contributed by atoms with Crippen molar-refractivity contribution in [2.75, 3.05) is 0 Å². The van der Waals surface area contributed by atoms with Crippen LogP contribution < -0.4 is 0 Å².